The number of nitrogens with zero attached hydrogens (tertiary/aromatic N) is 1. The first-order valence-electron chi connectivity index (χ1n) is 7.38. The van der Waals surface area contributed by atoms with E-state index in [9.17, 15) is 4.79 Å². The van der Waals surface area contributed by atoms with Crippen LogP contribution in [0, 0.1) is 0 Å². The molecule has 0 N–H and O–H groups in total. The van der Waals surface area contributed by atoms with Gasteiger partial charge in [-0.05, 0) is 20.3 Å². The summed E-state index contributed by atoms with van der Waals surface area (Å²) in [6, 6.07) is -0.0907. The average molecular weight is 281 g/mol. The third-order valence-corrected chi connectivity index (χ3v) is 4.33. The molecule has 0 aliphatic carbocycles. The van der Waals surface area contributed by atoms with Crippen LogP contribution in [0.3, 0.4) is 0 Å². The second kappa shape index (κ2) is 4.83. The van der Waals surface area contributed by atoms with E-state index in [4.69, 9.17) is 14.2 Å². The smallest absolute Gasteiger partial charge is 0.220 e. The van der Waals surface area contributed by atoms with Gasteiger partial charge in [-0.3, -0.25) is 4.79 Å². The number of carbonyl (C=O) groups excluding carboxylic acids is 1. The molecule has 0 unspecified atom stereocenters. The van der Waals surface area contributed by atoms with Crippen LogP contribution in [0.1, 0.15) is 34.1 Å². The van der Waals surface area contributed by atoms with Gasteiger partial charge in [-0.25, -0.2) is 0 Å². The number of fused-ring (bicyclic) bond motifs is 3. The number of hydrogen-bond donors (Lipinski definition) is 0. The molecule has 5 atom stereocenters. The second-order valence-electron chi connectivity index (χ2n) is 6.20. The normalized spacial score (nSPS) is 42.2. The summed E-state index contributed by atoms with van der Waals surface area (Å²) < 4.78 is 18.3. The lowest BCUT2D eigenvalue weighted by Crippen LogP contribution is -2.64. The van der Waals surface area contributed by atoms with Gasteiger partial charge in [-0.2, -0.15) is 0 Å². The number of amides is 1. The Morgan fingerprint density at radius 3 is 2.70 bits per heavy atom. The molecule has 0 aromatic rings. The number of ether oxygens (including phenoxy) is 3. The van der Waals surface area contributed by atoms with E-state index in [0.29, 0.717) is 6.54 Å². The Morgan fingerprint density at radius 1 is 1.35 bits per heavy atom. The van der Waals surface area contributed by atoms with Crippen molar-refractivity contribution in [1.82, 2.24) is 4.90 Å². The Kier molecular flexibility index (Phi) is 3.39. The minimum absolute atomic E-state index is 0.0135. The minimum atomic E-state index is -0.620. The summed E-state index contributed by atoms with van der Waals surface area (Å²) in [6.45, 7) is 8.14. The summed E-state index contributed by atoms with van der Waals surface area (Å²) in [5.74, 6) is -0.570. The van der Waals surface area contributed by atoms with E-state index >= 15 is 0 Å². The van der Waals surface area contributed by atoms with Crippen molar-refractivity contribution < 1.29 is 19.0 Å². The first kappa shape index (κ1) is 14.0. The van der Waals surface area contributed by atoms with Gasteiger partial charge in [-0.15, -0.1) is 0 Å². The predicted octanol–water partition coefficient (Wildman–Crippen LogP) is 1.47. The molecule has 2 saturated heterocycles. The highest BCUT2D eigenvalue weighted by Crippen LogP contribution is 2.41. The Morgan fingerprint density at radius 2 is 2.05 bits per heavy atom. The molecule has 0 aromatic heterocycles. The van der Waals surface area contributed by atoms with Crippen molar-refractivity contribution in [2.24, 2.45) is 0 Å². The molecule has 0 aromatic carbocycles. The monoisotopic (exact) mass is 281 g/mol. The van der Waals surface area contributed by atoms with Crippen LogP contribution in [-0.2, 0) is 19.0 Å². The molecule has 2 fully saturated rings. The van der Waals surface area contributed by atoms with Crippen LogP contribution in [0.5, 0.6) is 0 Å². The van der Waals surface area contributed by atoms with Gasteiger partial charge in [0.05, 0.1) is 18.2 Å². The quantitative estimate of drug-likeness (QED) is 0.683. The predicted molar refractivity (Wildman–Crippen MR) is 73.1 cm³/mol. The van der Waals surface area contributed by atoms with Gasteiger partial charge in [-0.1, -0.05) is 19.1 Å². The van der Waals surface area contributed by atoms with Gasteiger partial charge in [0, 0.05) is 13.5 Å². The molecular weight excluding hydrogens is 258 g/mol. The molecule has 3 aliphatic heterocycles. The summed E-state index contributed by atoms with van der Waals surface area (Å²) in [5, 5.41) is 0. The summed E-state index contributed by atoms with van der Waals surface area (Å²) in [4.78, 5) is 13.7. The lowest BCUT2D eigenvalue weighted by atomic mass is 9.88. The molecule has 5 nitrogen and oxygen atoms in total. The maximum atomic E-state index is 11.9. The van der Waals surface area contributed by atoms with E-state index in [0.717, 1.165) is 6.42 Å². The fourth-order valence-corrected chi connectivity index (χ4v) is 3.53. The molecule has 3 rings (SSSR count). The SMILES string of the molecule is CC[C@H]1O[C@H]2C=CCN(C(C)=O)[C@H]2[C@H]2OC(C)(C)O[C@H]21. The van der Waals surface area contributed by atoms with Crippen molar-refractivity contribution in [3.63, 3.8) is 0 Å². The highest BCUT2D eigenvalue weighted by atomic mass is 16.8. The molecule has 0 spiro atoms. The van der Waals surface area contributed by atoms with Crippen molar-refractivity contribution in [3.05, 3.63) is 12.2 Å². The highest BCUT2D eigenvalue weighted by Gasteiger charge is 2.56. The Balaban J connectivity index is 1.94. The molecule has 0 bridgehead atoms. The van der Waals surface area contributed by atoms with Gasteiger partial charge in [0.25, 0.3) is 0 Å². The van der Waals surface area contributed by atoms with Crippen LogP contribution in [0.4, 0.5) is 0 Å². The fourth-order valence-electron chi connectivity index (χ4n) is 3.53. The summed E-state index contributed by atoms with van der Waals surface area (Å²) in [6.07, 6.45) is 4.61. The van der Waals surface area contributed by atoms with Crippen molar-refractivity contribution >= 4 is 5.91 Å². The van der Waals surface area contributed by atoms with Crippen molar-refractivity contribution in [3.8, 4) is 0 Å². The highest BCUT2D eigenvalue weighted by molar-refractivity contribution is 5.74. The van der Waals surface area contributed by atoms with Gasteiger partial charge < -0.3 is 19.1 Å². The van der Waals surface area contributed by atoms with Gasteiger partial charge in [0.2, 0.25) is 5.91 Å². The number of hydrogen-bond acceptors (Lipinski definition) is 4. The minimum Gasteiger partial charge on any atom is -0.366 e. The molecule has 1 amide bonds. The zero-order chi connectivity index (χ0) is 14.5. The zero-order valence-electron chi connectivity index (χ0n) is 12.5. The molecule has 3 heterocycles. The van der Waals surface area contributed by atoms with Gasteiger partial charge in [0.15, 0.2) is 5.79 Å². The van der Waals surface area contributed by atoms with Crippen molar-refractivity contribution in [2.75, 3.05) is 6.54 Å². The van der Waals surface area contributed by atoms with E-state index in [1.165, 1.54) is 0 Å². The topological polar surface area (TPSA) is 48.0 Å². The first-order valence-corrected chi connectivity index (χ1v) is 7.38. The molecular formula is C15H23NO4. The van der Waals surface area contributed by atoms with Crippen LogP contribution in [0.25, 0.3) is 0 Å². The van der Waals surface area contributed by atoms with Crippen LogP contribution >= 0.6 is 0 Å². The Bertz CT molecular complexity index is 434. The molecule has 112 valence electrons. The van der Waals surface area contributed by atoms with E-state index in [2.05, 4.69) is 13.0 Å². The number of carbonyl (C=O) groups is 1. The standard InChI is InChI=1S/C15H23NO4/c1-5-10-13-14(20-15(3,4)19-13)12-11(18-10)7-6-8-16(12)9(2)17/h6-7,10-14H,5,8H2,1-4H3/t10-,11+,12-,13+,14-/m1/s1. The molecule has 5 heteroatoms. The number of rotatable bonds is 1. The van der Waals surface area contributed by atoms with Crippen LogP contribution in [-0.4, -0.2) is 53.6 Å². The zero-order valence-corrected chi connectivity index (χ0v) is 12.5. The summed E-state index contributed by atoms with van der Waals surface area (Å²) in [5.41, 5.74) is 0. The molecule has 3 aliphatic rings. The van der Waals surface area contributed by atoms with Crippen LogP contribution < -0.4 is 0 Å². The maximum Gasteiger partial charge on any atom is 0.220 e. The van der Waals surface area contributed by atoms with Crippen LogP contribution in [0.2, 0.25) is 0 Å². The van der Waals surface area contributed by atoms with Crippen molar-refractivity contribution in [2.45, 2.75) is 70.4 Å². The molecule has 0 radical (unpaired) electrons. The molecule has 0 saturated carbocycles. The lowest BCUT2D eigenvalue weighted by Gasteiger charge is -2.47. The second-order valence-corrected chi connectivity index (χ2v) is 6.20. The average Bonchev–Trinajstić information content (AvgIpc) is 2.72. The third kappa shape index (κ3) is 2.18. The Labute approximate surface area is 119 Å². The maximum absolute atomic E-state index is 11.9. The lowest BCUT2D eigenvalue weighted by molar-refractivity contribution is -0.167. The van der Waals surface area contributed by atoms with Gasteiger partial charge >= 0.3 is 0 Å². The molecule has 20 heavy (non-hydrogen) atoms. The van der Waals surface area contributed by atoms with E-state index in [1.54, 1.807) is 6.92 Å². The third-order valence-electron chi connectivity index (χ3n) is 4.33. The first-order chi connectivity index (χ1) is 9.43. The summed E-state index contributed by atoms with van der Waals surface area (Å²) in [7, 11) is 0. The van der Waals surface area contributed by atoms with Crippen LogP contribution in [0.15, 0.2) is 12.2 Å². The van der Waals surface area contributed by atoms with E-state index in [-0.39, 0.29) is 36.4 Å². The van der Waals surface area contributed by atoms with E-state index in [1.807, 2.05) is 24.8 Å². The van der Waals surface area contributed by atoms with Crippen molar-refractivity contribution in [1.29, 1.82) is 0 Å². The largest absolute Gasteiger partial charge is 0.366 e. The van der Waals surface area contributed by atoms with E-state index < -0.39 is 5.79 Å². The summed E-state index contributed by atoms with van der Waals surface area (Å²) >= 11 is 0. The fraction of sp³-hybridized carbons (Fsp3) is 0.800. The Hall–Kier alpha value is -0.910. The van der Waals surface area contributed by atoms with Gasteiger partial charge in [0.1, 0.15) is 12.2 Å².